The van der Waals surface area contributed by atoms with E-state index in [1.165, 1.54) is 0 Å². The van der Waals surface area contributed by atoms with Crippen LogP contribution < -0.4 is 16.0 Å². The predicted octanol–water partition coefficient (Wildman–Crippen LogP) is -0.852. The minimum atomic E-state index is -0.813. The number of thioether (sulfide) groups is 1. The van der Waals surface area contributed by atoms with Crippen molar-refractivity contribution in [2.45, 2.75) is 63.5 Å². The third kappa shape index (κ3) is 8.63. The molecule has 13 heteroatoms. The number of likely N-dealkylation sites (tertiary alicyclic amines) is 1. The summed E-state index contributed by atoms with van der Waals surface area (Å²) in [6.45, 7) is 1.64. The van der Waals surface area contributed by atoms with Crippen LogP contribution in [0.4, 0.5) is 0 Å². The first kappa shape index (κ1) is 24.9. The van der Waals surface area contributed by atoms with Crippen LogP contribution in [0.15, 0.2) is 0 Å². The normalized spacial score (nSPS) is 17.6. The van der Waals surface area contributed by atoms with E-state index in [9.17, 15) is 19.2 Å². The van der Waals surface area contributed by atoms with E-state index >= 15 is 0 Å². The van der Waals surface area contributed by atoms with Gasteiger partial charge < -0.3 is 20.9 Å². The molecule has 0 bridgehead atoms. The van der Waals surface area contributed by atoms with Crippen molar-refractivity contribution in [2.24, 2.45) is 0 Å². The summed E-state index contributed by atoms with van der Waals surface area (Å²) < 4.78 is 0. The maximum atomic E-state index is 12.7. The molecule has 4 amide bonds. The molecule has 2 heterocycles. The summed E-state index contributed by atoms with van der Waals surface area (Å²) in [5, 5.41) is 22.1. The van der Waals surface area contributed by atoms with Crippen LogP contribution in [0.1, 0.15) is 50.8 Å². The topological polar surface area (TPSA) is 162 Å². The van der Waals surface area contributed by atoms with E-state index in [1.807, 2.05) is 0 Å². The zero-order valence-electron chi connectivity index (χ0n) is 18.7. The smallest absolute Gasteiger partial charge is 0.243 e. The van der Waals surface area contributed by atoms with Crippen LogP contribution in [-0.2, 0) is 25.6 Å². The molecule has 1 aliphatic carbocycles. The summed E-state index contributed by atoms with van der Waals surface area (Å²) in [6.07, 6.45) is 6.67. The standard InChI is InChI=1S/C20H32N8O4S/c29-17(21-8-10-28-9-4-3-7-19(28)31)12-33-13-18(30)23-15(11-16-24-26-27-25-16)20(32)22-14-5-1-2-6-14/h14-15H,1-13H2,(H,21,29)(H,22,32)(H,23,30)(H,24,25,26,27). The maximum Gasteiger partial charge on any atom is 0.243 e. The molecular formula is C20H32N8O4S. The molecule has 1 unspecified atom stereocenters. The monoisotopic (exact) mass is 480 g/mol. The summed E-state index contributed by atoms with van der Waals surface area (Å²) in [7, 11) is 0. The number of carbonyl (C=O) groups excluding carboxylic acids is 4. The molecule has 0 aromatic carbocycles. The lowest BCUT2D eigenvalue weighted by Gasteiger charge is -2.26. The van der Waals surface area contributed by atoms with Gasteiger partial charge in [0.15, 0.2) is 5.82 Å². The molecule has 1 aliphatic heterocycles. The largest absolute Gasteiger partial charge is 0.354 e. The summed E-state index contributed by atoms with van der Waals surface area (Å²) >= 11 is 1.16. The van der Waals surface area contributed by atoms with Crippen molar-refractivity contribution in [3.05, 3.63) is 5.82 Å². The fraction of sp³-hybridized carbons (Fsp3) is 0.750. The number of carbonyl (C=O) groups is 4. The van der Waals surface area contributed by atoms with Gasteiger partial charge in [0.05, 0.1) is 11.5 Å². The third-order valence-corrected chi connectivity index (χ3v) is 6.65. The summed E-state index contributed by atoms with van der Waals surface area (Å²) in [5.41, 5.74) is 0. The summed E-state index contributed by atoms with van der Waals surface area (Å²) in [5.74, 6) is -0.186. The minimum Gasteiger partial charge on any atom is -0.354 e. The van der Waals surface area contributed by atoms with Crippen LogP contribution in [0.5, 0.6) is 0 Å². The second kappa shape index (κ2) is 13.1. The summed E-state index contributed by atoms with van der Waals surface area (Å²) in [6, 6.07) is -0.687. The van der Waals surface area contributed by atoms with Gasteiger partial charge in [-0.1, -0.05) is 18.1 Å². The second-order valence-electron chi connectivity index (χ2n) is 8.32. The fourth-order valence-corrected chi connectivity index (χ4v) is 4.64. The lowest BCUT2D eigenvalue weighted by atomic mass is 10.1. The first-order valence-electron chi connectivity index (χ1n) is 11.5. The average Bonchev–Trinajstić information content (AvgIpc) is 3.49. The Morgan fingerprint density at radius 3 is 2.64 bits per heavy atom. The third-order valence-electron chi connectivity index (χ3n) is 5.72. The van der Waals surface area contributed by atoms with Crippen molar-refractivity contribution < 1.29 is 19.2 Å². The zero-order valence-corrected chi connectivity index (χ0v) is 19.5. The Bertz CT molecular complexity index is 800. The number of H-pyrrole nitrogens is 1. The Kier molecular flexibility index (Phi) is 9.91. The summed E-state index contributed by atoms with van der Waals surface area (Å²) in [4.78, 5) is 50.7. The molecule has 1 saturated carbocycles. The van der Waals surface area contributed by atoms with E-state index in [0.29, 0.717) is 25.3 Å². The molecular weight excluding hydrogens is 448 g/mol. The van der Waals surface area contributed by atoms with E-state index in [2.05, 4.69) is 36.6 Å². The molecule has 3 rings (SSSR count). The quantitative estimate of drug-likeness (QED) is 0.301. The minimum absolute atomic E-state index is 0.0392. The highest BCUT2D eigenvalue weighted by molar-refractivity contribution is 8.00. The first-order chi connectivity index (χ1) is 16.0. The molecule has 33 heavy (non-hydrogen) atoms. The van der Waals surface area contributed by atoms with Gasteiger partial charge in [0.25, 0.3) is 0 Å². The maximum absolute atomic E-state index is 12.7. The Morgan fingerprint density at radius 1 is 1.12 bits per heavy atom. The van der Waals surface area contributed by atoms with Crippen LogP contribution in [-0.4, -0.2) is 92.4 Å². The molecule has 182 valence electrons. The lowest BCUT2D eigenvalue weighted by Crippen LogP contribution is -2.50. The van der Waals surface area contributed by atoms with Gasteiger partial charge in [0.2, 0.25) is 23.6 Å². The molecule has 0 spiro atoms. The van der Waals surface area contributed by atoms with Gasteiger partial charge in [0, 0.05) is 38.5 Å². The van der Waals surface area contributed by atoms with Gasteiger partial charge in [-0.25, -0.2) is 0 Å². The number of aromatic amines is 1. The molecule has 1 aromatic heterocycles. The van der Waals surface area contributed by atoms with Gasteiger partial charge in [-0.15, -0.1) is 22.0 Å². The van der Waals surface area contributed by atoms with E-state index in [1.54, 1.807) is 4.90 Å². The zero-order chi connectivity index (χ0) is 23.5. The number of nitrogens with one attached hydrogen (secondary N) is 4. The Hall–Kier alpha value is -2.70. The predicted molar refractivity (Wildman–Crippen MR) is 121 cm³/mol. The van der Waals surface area contributed by atoms with Crippen molar-refractivity contribution in [1.29, 1.82) is 0 Å². The highest BCUT2D eigenvalue weighted by Gasteiger charge is 2.26. The van der Waals surface area contributed by atoms with E-state index in [4.69, 9.17) is 0 Å². The molecule has 2 fully saturated rings. The number of aromatic nitrogens is 4. The molecule has 12 nitrogen and oxygen atoms in total. The number of tetrazole rings is 1. The average molecular weight is 481 g/mol. The Morgan fingerprint density at radius 2 is 1.91 bits per heavy atom. The fourth-order valence-electron chi connectivity index (χ4n) is 3.98. The highest BCUT2D eigenvalue weighted by atomic mass is 32.2. The van der Waals surface area contributed by atoms with Gasteiger partial charge in [-0.05, 0) is 25.7 Å². The first-order valence-corrected chi connectivity index (χ1v) is 12.6. The van der Waals surface area contributed by atoms with Crippen molar-refractivity contribution in [3.63, 3.8) is 0 Å². The van der Waals surface area contributed by atoms with Gasteiger partial charge >= 0.3 is 0 Å². The van der Waals surface area contributed by atoms with Crippen molar-refractivity contribution >= 4 is 35.4 Å². The molecule has 1 saturated heterocycles. The molecule has 1 aromatic rings. The lowest BCUT2D eigenvalue weighted by molar-refractivity contribution is -0.133. The SMILES string of the molecule is O=C(CSCC(=O)NC(Cc1nn[nH]n1)C(=O)NC1CCCC1)NCCN1CCCCC1=O. The molecule has 0 radical (unpaired) electrons. The Balaban J connectivity index is 1.36. The molecule has 2 aliphatic rings. The number of hydrogen-bond acceptors (Lipinski definition) is 8. The van der Waals surface area contributed by atoms with Crippen LogP contribution in [0.3, 0.4) is 0 Å². The number of hydrogen-bond donors (Lipinski definition) is 4. The van der Waals surface area contributed by atoms with Crippen LogP contribution in [0.25, 0.3) is 0 Å². The van der Waals surface area contributed by atoms with Crippen molar-refractivity contribution in [1.82, 2.24) is 41.5 Å². The highest BCUT2D eigenvalue weighted by Crippen LogP contribution is 2.17. The molecule has 1 atom stereocenters. The van der Waals surface area contributed by atoms with Gasteiger partial charge in [0.1, 0.15) is 6.04 Å². The van der Waals surface area contributed by atoms with Gasteiger partial charge in [-0.2, -0.15) is 5.21 Å². The van der Waals surface area contributed by atoms with E-state index in [0.717, 1.165) is 56.8 Å². The van der Waals surface area contributed by atoms with Crippen molar-refractivity contribution in [2.75, 3.05) is 31.1 Å². The number of piperidine rings is 1. The van der Waals surface area contributed by atoms with E-state index < -0.39 is 6.04 Å². The van der Waals surface area contributed by atoms with Crippen LogP contribution in [0.2, 0.25) is 0 Å². The molecule has 4 N–H and O–H groups in total. The number of rotatable bonds is 12. The van der Waals surface area contributed by atoms with Gasteiger partial charge in [-0.3, -0.25) is 19.2 Å². The van der Waals surface area contributed by atoms with E-state index in [-0.39, 0.29) is 47.6 Å². The van der Waals surface area contributed by atoms with Crippen LogP contribution in [0, 0.1) is 0 Å². The van der Waals surface area contributed by atoms with Crippen LogP contribution >= 0.6 is 11.8 Å². The number of nitrogens with zero attached hydrogens (tertiary/aromatic N) is 4. The Labute approximate surface area is 196 Å². The second-order valence-corrected chi connectivity index (χ2v) is 9.31. The number of amides is 4. The van der Waals surface area contributed by atoms with Crippen molar-refractivity contribution in [3.8, 4) is 0 Å².